The number of para-hydroxylation sites is 1. The van der Waals surface area contributed by atoms with Crippen LogP contribution in [-0.4, -0.2) is 26.4 Å². The molecule has 0 spiro atoms. The second kappa shape index (κ2) is 7.51. The zero-order chi connectivity index (χ0) is 13.5. The molecule has 1 heterocycles. The summed E-state index contributed by atoms with van der Waals surface area (Å²) in [5.41, 5.74) is 1.24. The van der Waals surface area contributed by atoms with Crippen molar-refractivity contribution in [3.05, 3.63) is 29.8 Å². The normalized spacial score (nSPS) is 20.4. The maximum atomic E-state index is 5.68. The van der Waals surface area contributed by atoms with E-state index in [2.05, 4.69) is 24.4 Å². The van der Waals surface area contributed by atoms with E-state index < -0.39 is 0 Å². The van der Waals surface area contributed by atoms with Crippen molar-refractivity contribution in [3.8, 4) is 5.75 Å². The Balaban J connectivity index is 1.82. The van der Waals surface area contributed by atoms with E-state index in [0.717, 1.165) is 31.4 Å². The van der Waals surface area contributed by atoms with Gasteiger partial charge in [-0.25, -0.2) is 0 Å². The highest BCUT2D eigenvalue weighted by molar-refractivity contribution is 5.35. The predicted octanol–water partition coefficient (Wildman–Crippen LogP) is 3.16. The first kappa shape index (κ1) is 14.4. The molecule has 0 amide bonds. The van der Waals surface area contributed by atoms with Gasteiger partial charge in [0.15, 0.2) is 0 Å². The highest BCUT2D eigenvalue weighted by atomic mass is 16.5. The molecule has 0 aliphatic carbocycles. The zero-order valence-electron chi connectivity index (χ0n) is 12.0. The van der Waals surface area contributed by atoms with Crippen LogP contribution >= 0.6 is 0 Å². The first-order chi connectivity index (χ1) is 9.31. The molecular formula is C16H25NO2. The Morgan fingerprint density at radius 1 is 1.42 bits per heavy atom. The van der Waals surface area contributed by atoms with Gasteiger partial charge in [0.2, 0.25) is 0 Å². The van der Waals surface area contributed by atoms with E-state index in [-0.39, 0.29) is 0 Å². The molecule has 1 aromatic rings. The van der Waals surface area contributed by atoms with Gasteiger partial charge < -0.3 is 14.8 Å². The van der Waals surface area contributed by atoms with Crippen molar-refractivity contribution < 1.29 is 9.47 Å². The fourth-order valence-electron chi connectivity index (χ4n) is 2.55. The van der Waals surface area contributed by atoms with Crippen molar-refractivity contribution >= 4 is 0 Å². The van der Waals surface area contributed by atoms with E-state index in [1.165, 1.54) is 18.4 Å². The molecule has 19 heavy (non-hydrogen) atoms. The lowest BCUT2D eigenvalue weighted by Crippen LogP contribution is -2.22. The van der Waals surface area contributed by atoms with Crippen LogP contribution in [0.2, 0.25) is 0 Å². The summed E-state index contributed by atoms with van der Waals surface area (Å²) in [4.78, 5) is 0. The van der Waals surface area contributed by atoms with Crippen LogP contribution in [-0.2, 0) is 4.74 Å². The molecule has 2 atom stereocenters. The summed E-state index contributed by atoms with van der Waals surface area (Å²) in [5, 5.41) is 3.59. The van der Waals surface area contributed by atoms with Gasteiger partial charge in [-0.05, 0) is 45.2 Å². The van der Waals surface area contributed by atoms with Gasteiger partial charge >= 0.3 is 0 Å². The minimum atomic E-state index is 0.324. The molecule has 0 radical (unpaired) electrons. The number of hydrogen-bond acceptors (Lipinski definition) is 3. The molecular weight excluding hydrogens is 238 g/mol. The van der Waals surface area contributed by atoms with Crippen LogP contribution in [0, 0.1) is 5.92 Å². The van der Waals surface area contributed by atoms with Crippen molar-refractivity contribution in [1.29, 1.82) is 0 Å². The Bertz CT molecular complexity index is 375. The summed E-state index contributed by atoms with van der Waals surface area (Å²) in [6.07, 6.45) is 2.41. The van der Waals surface area contributed by atoms with Crippen LogP contribution in [0.4, 0.5) is 0 Å². The second-order valence-electron chi connectivity index (χ2n) is 5.16. The van der Waals surface area contributed by atoms with Crippen LogP contribution in [0.15, 0.2) is 24.3 Å². The summed E-state index contributed by atoms with van der Waals surface area (Å²) in [6, 6.07) is 8.60. The van der Waals surface area contributed by atoms with Gasteiger partial charge in [0, 0.05) is 24.8 Å². The molecule has 1 aromatic carbocycles. The van der Waals surface area contributed by atoms with E-state index >= 15 is 0 Å². The van der Waals surface area contributed by atoms with Crippen molar-refractivity contribution in [3.63, 3.8) is 0 Å². The van der Waals surface area contributed by atoms with E-state index in [9.17, 15) is 0 Å². The van der Waals surface area contributed by atoms with Gasteiger partial charge in [-0.3, -0.25) is 0 Å². The van der Waals surface area contributed by atoms with Crippen molar-refractivity contribution in [2.45, 2.75) is 32.7 Å². The van der Waals surface area contributed by atoms with Crippen LogP contribution in [0.25, 0.3) is 0 Å². The summed E-state index contributed by atoms with van der Waals surface area (Å²) in [7, 11) is 0. The lowest BCUT2D eigenvalue weighted by molar-refractivity contribution is 0.184. The average molecular weight is 263 g/mol. The summed E-state index contributed by atoms with van der Waals surface area (Å²) in [5.74, 6) is 1.73. The average Bonchev–Trinajstić information content (AvgIpc) is 2.93. The fourth-order valence-corrected chi connectivity index (χ4v) is 2.55. The highest BCUT2D eigenvalue weighted by Gasteiger charge is 2.16. The van der Waals surface area contributed by atoms with Crippen molar-refractivity contribution in [2.24, 2.45) is 5.92 Å². The maximum Gasteiger partial charge on any atom is 0.124 e. The largest absolute Gasteiger partial charge is 0.494 e. The Morgan fingerprint density at radius 2 is 2.26 bits per heavy atom. The van der Waals surface area contributed by atoms with E-state index in [4.69, 9.17) is 9.47 Å². The maximum absolute atomic E-state index is 5.68. The molecule has 2 unspecified atom stereocenters. The summed E-state index contributed by atoms with van der Waals surface area (Å²) in [6.45, 7) is 7.84. The molecule has 1 aliphatic rings. The lowest BCUT2D eigenvalue weighted by atomic mass is 10.0. The minimum Gasteiger partial charge on any atom is -0.494 e. The van der Waals surface area contributed by atoms with Gasteiger partial charge in [0.05, 0.1) is 6.61 Å². The Morgan fingerprint density at radius 3 is 3.00 bits per heavy atom. The number of rotatable bonds is 7. The third kappa shape index (κ3) is 4.22. The topological polar surface area (TPSA) is 30.5 Å². The SMILES string of the molecule is CCOc1ccccc1C(C)NCCC1CCOC1. The Hall–Kier alpha value is -1.06. The first-order valence-corrected chi connectivity index (χ1v) is 7.34. The van der Waals surface area contributed by atoms with Gasteiger partial charge in [-0.2, -0.15) is 0 Å². The molecule has 1 fully saturated rings. The Labute approximate surface area is 116 Å². The number of nitrogens with one attached hydrogen (secondary N) is 1. The standard InChI is InChI=1S/C16H25NO2/c1-3-19-16-7-5-4-6-15(16)13(2)17-10-8-14-9-11-18-12-14/h4-7,13-14,17H,3,8-12H2,1-2H3. The van der Waals surface area contributed by atoms with E-state index in [1.807, 2.05) is 19.1 Å². The molecule has 0 saturated carbocycles. The molecule has 106 valence electrons. The minimum absolute atomic E-state index is 0.324. The molecule has 0 aromatic heterocycles. The first-order valence-electron chi connectivity index (χ1n) is 7.34. The zero-order valence-corrected chi connectivity index (χ0v) is 12.0. The number of ether oxygens (including phenoxy) is 2. The van der Waals surface area contributed by atoms with Crippen LogP contribution in [0.1, 0.15) is 38.3 Å². The monoisotopic (exact) mass is 263 g/mol. The molecule has 0 bridgehead atoms. The van der Waals surface area contributed by atoms with Gasteiger partial charge in [-0.1, -0.05) is 18.2 Å². The van der Waals surface area contributed by atoms with E-state index in [1.54, 1.807) is 0 Å². The lowest BCUT2D eigenvalue weighted by Gasteiger charge is -2.18. The quantitative estimate of drug-likeness (QED) is 0.819. The molecule has 1 saturated heterocycles. The third-order valence-electron chi connectivity index (χ3n) is 3.71. The second-order valence-corrected chi connectivity index (χ2v) is 5.16. The van der Waals surface area contributed by atoms with Crippen LogP contribution < -0.4 is 10.1 Å². The molecule has 1 aliphatic heterocycles. The molecule has 3 nitrogen and oxygen atoms in total. The predicted molar refractivity (Wildman–Crippen MR) is 77.6 cm³/mol. The molecule has 2 rings (SSSR count). The van der Waals surface area contributed by atoms with E-state index in [0.29, 0.717) is 12.6 Å². The smallest absolute Gasteiger partial charge is 0.124 e. The fraction of sp³-hybridized carbons (Fsp3) is 0.625. The van der Waals surface area contributed by atoms with Crippen LogP contribution in [0.3, 0.4) is 0 Å². The van der Waals surface area contributed by atoms with Crippen molar-refractivity contribution in [2.75, 3.05) is 26.4 Å². The number of benzene rings is 1. The Kier molecular flexibility index (Phi) is 5.67. The molecule has 1 N–H and O–H groups in total. The highest BCUT2D eigenvalue weighted by Crippen LogP contribution is 2.25. The van der Waals surface area contributed by atoms with Gasteiger partial charge in [0.1, 0.15) is 5.75 Å². The van der Waals surface area contributed by atoms with Crippen LogP contribution in [0.5, 0.6) is 5.75 Å². The molecule has 3 heteroatoms. The number of hydrogen-bond donors (Lipinski definition) is 1. The summed E-state index contributed by atoms with van der Waals surface area (Å²) >= 11 is 0. The third-order valence-corrected chi connectivity index (χ3v) is 3.71. The van der Waals surface area contributed by atoms with Gasteiger partial charge in [0.25, 0.3) is 0 Å². The van der Waals surface area contributed by atoms with Crippen molar-refractivity contribution in [1.82, 2.24) is 5.32 Å². The summed E-state index contributed by atoms with van der Waals surface area (Å²) < 4.78 is 11.1. The van der Waals surface area contributed by atoms with Gasteiger partial charge in [-0.15, -0.1) is 0 Å².